The fourth-order valence-corrected chi connectivity index (χ4v) is 4.38. The first-order chi connectivity index (χ1) is 15.1. The number of aromatic amines is 1. The van der Waals surface area contributed by atoms with E-state index in [0.717, 1.165) is 32.2 Å². The summed E-state index contributed by atoms with van der Waals surface area (Å²) < 4.78 is 8.11. The van der Waals surface area contributed by atoms with Gasteiger partial charge in [0.25, 0.3) is 5.56 Å². The molecule has 0 aromatic carbocycles. The van der Waals surface area contributed by atoms with Crippen LogP contribution in [0.3, 0.4) is 0 Å². The smallest absolute Gasteiger partial charge is 0.312 e. The third-order valence-corrected chi connectivity index (χ3v) is 6.87. The van der Waals surface area contributed by atoms with Crippen molar-refractivity contribution in [2.24, 2.45) is 17.3 Å². The zero-order chi connectivity index (χ0) is 24.1. The van der Waals surface area contributed by atoms with Crippen LogP contribution in [-0.4, -0.2) is 22.1 Å². The van der Waals surface area contributed by atoms with E-state index in [4.69, 9.17) is 17.0 Å². The topological polar surface area (TPSA) is 64.1 Å². The van der Waals surface area contributed by atoms with Crippen molar-refractivity contribution in [3.05, 3.63) is 26.9 Å². The highest BCUT2D eigenvalue weighted by Crippen LogP contribution is 2.35. The van der Waals surface area contributed by atoms with E-state index >= 15 is 0 Å². The highest BCUT2D eigenvalue weighted by molar-refractivity contribution is 7.71. The van der Waals surface area contributed by atoms with Gasteiger partial charge in [-0.2, -0.15) is 0 Å². The number of hydrogen-bond acceptors (Lipinski definition) is 4. The Kier molecular flexibility index (Phi) is 13.1. The maximum Gasteiger partial charge on any atom is 0.312 e. The van der Waals surface area contributed by atoms with Crippen LogP contribution >= 0.6 is 12.2 Å². The minimum absolute atomic E-state index is 0.0282. The van der Waals surface area contributed by atoms with E-state index in [1.807, 2.05) is 17.7 Å². The average molecular weight is 467 g/mol. The molecule has 0 aliphatic carbocycles. The van der Waals surface area contributed by atoms with Crippen LogP contribution in [0.5, 0.6) is 0 Å². The molecule has 0 saturated heterocycles. The summed E-state index contributed by atoms with van der Waals surface area (Å²) in [5, 5.41) is 0. The lowest BCUT2D eigenvalue weighted by molar-refractivity contribution is -0.159. The molecule has 0 bridgehead atoms. The number of nitrogens with zero attached hydrogens (tertiary/aromatic N) is 1. The molecule has 1 aromatic rings. The first-order valence-corrected chi connectivity index (χ1v) is 13.0. The summed E-state index contributed by atoms with van der Waals surface area (Å²) in [6.45, 7) is 13.8. The maximum absolute atomic E-state index is 12.6. The Morgan fingerprint density at radius 1 is 1.03 bits per heavy atom. The van der Waals surface area contributed by atoms with Gasteiger partial charge >= 0.3 is 5.97 Å². The molecular formula is C26H46N2O3S. The molecule has 1 unspecified atom stereocenters. The largest absolute Gasteiger partial charge is 0.465 e. The lowest BCUT2D eigenvalue weighted by atomic mass is 9.73. The molecule has 5 nitrogen and oxygen atoms in total. The maximum atomic E-state index is 12.6. The molecule has 0 radical (unpaired) electrons. The van der Waals surface area contributed by atoms with E-state index in [-0.39, 0.29) is 22.9 Å². The molecule has 0 spiro atoms. The van der Waals surface area contributed by atoms with Crippen molar-refractivity contribution >= 4 is 18.2 Å². The molecule has 1 atom stereocenters. The Morgan fingerprint density at radius 2 is 1.56 bits per heavy atom. The lowest BCUT2D eigenvalue weighted by Crippen LogP contribution is -2.36. The van der Waals surface area contributed by atoms with Crippen molar-refractivity contribution < 1.29 is 9.53 Å². The molecule has 1 heterocycles. The fourth-order valence-electron chi connectivity index (χ4n) is 4.14. The first kappa shape index (κ1) is 28.6. The summed E-state index contributed by atoms with van der Waals surface area (Å²) in [7, 11) is 0. The number of hydrogen-bond donors (Lipinski definition) is 1. The van der Waals surface area contributed by atoms with E-state index in [1.165, 1.54) is 38.5 Å². The van der Waals surface area contributed by atoms with Gasteiger partial charge in [-0.25, -0.2) is 0 Å². The van der Waals surface area contributed by atoms with Crippen molar-refractivity contribution in [2.45, 2.75) is 112 Å². The van der Waals surface area contributed by atoms with Crippen molar-refractivity contribution in [1.82, 2.24) is 9.55 Å². The van der Waals surface area contributed by atoms with Gasteiger partial charge in [-0.05, 0) is 57.2 Å². The Balaban J connectivity index is 2.06. The summed E-state index contributed by atoms with van der Waals surface area (Å²) in [6.07, 6.45) is 13.3. The zero-order valence-electron chi connectivity index (χ0n) is 21.3. The SMILES string of the molecule is Cc1cn(CCCCCCCCCCCOC(=O)C(C)(CC(C)C)C(C)C)c(=S)[nH]c1=O. The zero-order valence-corrected chi connectivity index (χ0v) is 22.1. The number of esters is 1. The van der Waals surface area contributed by atoms with Gasteiger partial charge in [-0.3, -0.25) is 14.6 Å². The van der Waals surface area contributed by atoms with E-state index in [2.05, 4.69) is 39.6 Å². The predicted octanol–water partition coefficient (Wildman–Crippen LogP) is 6.98. The Bertz CT molecular complexity index is 797. The predicted molar refractivity (Wildman–Crippen MR) is 136 cm³/mol. The Labute approximate surface area is 200 Å². The minimum atomic E-state index is -0.379. The van der Waals surface area contributed by atoms with Gasteiger partial charge in [0.2, 0.25) is 0 Å². The molecule has 184 valence electrons. The summed E-state index contributed by atoms with van der Waals surface area (Å²) in [4.78, 5) is 26.8. The fraction of sp³-hybridized carbons (Fsp3) is 0.808. The van der Waals surface area contributed by atoms with Gasteiger partial charge in [0.1, 0.15) is 0 Å². The standard InChI is InChI=1S/C26H46N2O3S/c1-20(2)18-26(6,21(3)4)24(30)31-17-15-13-11-9-7-8-10-12-14-16-28-19-22(5)23(29)27-25(28)32/h19-21H,7-18H2,1-6H3,(H,27,29,32). The molecule has 6 heteroatoms. The normalized spacial score (nSPS) is 13.5. The van der Waals surface area contributed by atoms with Gasteiger partial charge < -0.3 is 9.30 Å². The van der Waals surface area contributed by atoms with Crippen LogP contribution in [-0.2, 0) is 16.1 Å². The molecule has 1 N–H and O–H groups in total. The van der Waals surface area contributed by atoms with Crippen LogP contribution in [0.4, 0.5) is 0 Å². The monoisotopic (exact) mass is 466 g/mol. The van der Waals surface area contributed by atoms with Crippen LogP contribution in [0.1, 0.15) is 104 Å². The van der Waals surface area contributed by atoms with Crippen LogP contribution in [0, 0.1) is 28.9 Å². The number of H-pyrrole nitrogens is 1. The summed E-state index contributed by atoms with van der Waals surface area (Å²) in [5.74, 6) is 0.746. The number of carbonyl (C=O) groups excluding carboxylic acids is 1. The highest BCUT2D eigenvalue weighted by atomic mass is 32.1. The number of rotatable bonds is 16. The second-order valence-electron chi connectivity index (χ2n) is 10.3. The molecule has 1 aromatic heterocycles. The van der Waals surface area contributed by atoms with E-state index < -0.39 is 0 Å². The van der Waals surface area contributed by atoms with E-state index in [1.54, 1.807) is 0 Å². The Morgan fingerprint density at radius 3 is 2.09 bits per heavy atom. The van der Waals surface area contributed by atoms with Crippen LogP contribution in [0.2, 0.25) is 0 Å². The number of ether oxygens (including phenoxy) is 1. The quantitative estimate of drug-likeness (QED) is 0.162. The second-order valence-corrected chi connectivity index (χ2v) is 10.6. The van der Waals surface area contributed by atoms with E-state index in [9.17, 15) is 9.59 Å². The summed E-state index contributed by atoms with van der Waals surface area (Å²) in [5.41, 5.74) is 0.235. The molecule has 32 heavy (non-hydrogen) atoms. The molecule has 0 aliphatic rings. The lowest BCUT2D eigenvalue weighted by Gasteiger charge is -2.32. The van der Waals surface area contributed by atoms with Crippen LogP contribution < -0.4 is 5.56 Å². The summed E-state index contributed by atoms with van der Waals surface area (Å²) >= 11 is 5.22. The molecule has 1 rings (SSSR count). The van der Waals surface area contributed by atoms with Crippen LogP contribution in [0.25, 0.3) is 0 Å². The van der Waals surface area contributed by atoms with Crippen molar-refractivity contribution in [3.63, 3.8) is 0 Å². The van der Waals surface area contributed by atoms with E-state index in [0.29, 0.717) is 22.9 Å². The van der Waals surface area contributed by atoms with Crippen molar-refractivity contribution in [2.75, 3.05) is 6.61 Å². The van der Waals surface area contributed by atoms with Gasteiger partial charge in [0.05, 0.1) is 12.0 Å². The van der Waals surface area contributed by atoms with Gasteiger partial charge in [0.15, 0.2) is 4.77 Å². The number of nitrogens with one attached hydrogen (secondary N) is 1. The number of aromatic nitrogens is 2. The van der Waals surface area contributed by atoms with Gasteiger partial charge in [-0.15, -0.1) is 0 Å². The van der Waals surface area contributed by atoms with Gasteiger partial charge in [-0.1, -0.05) is 72.6 Å². The Hall–Kier alpha value is -1.43. The average Bonchev–Trinajstić information content (AvgIpc) is 2.71. The van der Waals surface area contributed by atoms with Crippen molar-refractivity contribution in [3.8, 4) is 0 Å². The first-order valence-electron chi connectivity index (χ1n) is 12.6. The van der Waals surface area contributed by atoms with Crippen LogP contribution in [0.15, 0.2) is 11.0 Å². The molecule has 0 saturated carbocycles. The molecule has 0 amide bonds. The molecule has 0 fully saturated rings. The van der Waals surface area contributed by atoms with Gasteiger partial charge in [0, 0.05) is 18.3 Å². The number of aryl methyl sites for hydroxylation is 2. The number of unbranched alkanes of at least 4 members (excludes halogenated alkanes) is 8. The number of carbonyl (C=O) groups is 1. The third-order valence-electron chi connectivity index (χ3n) is 6.54. The minimum Gasteiger partial charge on any atom is -0.465 e. The third kappa shape index (κ3) is 10.0. The molecular weight excluding hydrogens is 420 g/mol. The molecule has 0 aliphatic heterocycles. The second kappa shape index (κ2) is 14.7. The van der Waals surface area contributed by atoms with Crippen molar-refractivity contribution in [1.29, 1.82) is 0 Å². The highest BCUT2D eigenvalue weighted by Gasteiger charge is 2.38. The summed E-state index contributed by atoms with van der Waals surface area (Å²) in [6, 6.07) is 0.